The summed E-state index contributed by atoms with van der Waals surface area (Å²) in [5.74, 6) is -1.59. The molecule has 1 aliphatic carbocycles. The molecule has 0 radical (unpaired) electrons. The smallest absolute Gasteiger partial charge is 0.327 e. The number of carbonyl (C=O) groups is 2. The molecule has 38 heavy (non-hydrogen) atoms. The summed E-state index contributed by atoms with van der Waals surface area (Å²) in [7, 11) is -4.30. The van der Waals surface area contributed by atoms with Gasteiger partial charge in [0.25, 0.3) is 0 Å². The molecule has 0 amide bonds. The number of hydrogen-bond donors (Lipinski definition) is 1. The molecule has 3 aromatic carbocycles. The average Bonchev–Trinajstić information content (AvgIpc) is 3.40. The Morgan fingerprint density at radius 2 is 1.47 bits per heavy atom. The normalized spacial score (nSPS) is 14.8. The number of ether oxygens (including phenoxy) is 2. The zero-order chi connectivity index (χ0) is 27.2. The van der Waals surface area contributed by atoms with E-state index in [-0.39, 0.29) is 30.9 Å². The molecule has 200 valence electrons. The number of hydrogen-bond acceptors (Lipinski definition) is 6. The number of carboxylic acids is 1. The van der Waals surface area contributed by atoms with Crippen molar-refractivity contribution in [2.75, 3.05) is 6.54 Å². The van der Waals surface area contributed by atoms with Crippen molar-refractivity contribution in [2.45, 2.75) is 49.1 Å². The lowest BCUT2D eigenvalue weighted by Crippen LogP contribution is -2.56. The summed E-state index contributed by atoms with van der Waals surface area (Å²) in [6.45, 7) is -0.407. The van der Waals surface area contributed by atoms with Gasteiger partial charge in [-0.3, -0.25) is 4.79 Å². The second-order valence-electron chi connectivity index (χ2n) is 9.05. The Bertz CT molecular complexity index is 1350. The Morgan fingerprint density at radius 3 is 2.05 bits per heavy atom. The minimum absolute atomic E-state index is 0.0241. The predicted molar refractivity (Wildman–Crippen MR) is 136 cm³/mol. The highest BCUT2D eigenvalue weighted by Gasteiger charge is 2.52. The minimum Gasteiger partial charge on any atom is -0.481 e. The van der Waals surface area contributed by atoms with Crippen LogP contribution < -0.4 is 4.74 Å². The SMILES string of the molecule is O=C(O)CCN(C1(C(=O)OCc2ccccc2)CCCC1)S(=O)(=O)c1ccc(Oc2ccc(F)cc2)cc1. The molecule has 8 nitrogen and oxygen atoms in total. The lowest BCUT2D eigenvalue weighted by atomic mass is 9.97. The molecular formula is C28H28FNO7S. The van der Waals surface area contributed by atoms with Gasteiger partial charge in [0, 0.05) is 6.54 Å². The van der Waals surface area contributed by atoms with Crippen molar-refractivity contribution in [3.63, 3.8) is 0 Å². The molecule has 4 rings (SSSR count). The average molecular weight is 542 g/mol. The van der Waals surface area contributed by atoms with E-state index in [9.17, 15) is 27.5 Å². The lowest BCUT2D eigenvalue weighted by Gasteiger charge is -2.38. The van der Waals surface area contributed by atoms with Crippen molar-refractivity contribution in [3.8, 4) is 11.5 Å². The van der Waals surface area contributed by atoms with Gasteiger partial charge in [0.05, 0.1) is 11.3 Å². The predicted octanol–water partition coefficient (Wildman–Crippen LogP) is 5.14. The van der Waals surface area contributed by atoms with Gasteiger partial charge in [-0.15, -0.1) is 0 Å². The number of benzene rings is 3. The number of nitrogens with zero attached hydrogens (tertiary/aromatic N) is 1. The zero-order valence-corrected chi connectivity index (χ0v) is 21.4. The monoisotopic (exact) mass is 541 g/mol. The maximum Gasteiger partial charge on any atom is 0.327 e. The fraction of sp³-hybridized carbons (Fsp3) is 0.286. The van der Waals surface area contributed by atoms with E-state index in [0.717, 1.165) is 9.87 Å². The quantitative estimate of drug-likeness (QED) is 0.335. The van der Waals surface area contributed by atoms with Crippen molar-refractivity contribution in [1.29, 1.82) is 0 Å². The molecular weight excluding hydrogens is 513 g/mol. The second kappa shape index (κ2) is 11.7. The maximum absolute atomic E-state index is 13.9. The molecule has 10 heteroatoms. The van der Waals surface area contributed by atoms with Crippen molar-refractivity contribution in [2.24, 2.45) is 0 Å². The molecule has 0 spiro atoms. The first-order chi connectivity index (χ1) is 18.2. The van der Waals surface area contributed by atoms with E-state index in [1.165, 1.54) is 48.5 Å². The summed E-state index contributed by atoms with van der Waals surface area (Å²) in [4.78, 5) is 24.8. The maximum atomic E-state index is 13.9. The number of aliphatic carboxylic acids is 1. The minimum atomic E-state index is -4.30. The molecule has 0 aliphatic heterocycles. The Labute approximate surface area is 220 Å². The van der Waals surface area contributed by atoms with Crippen molar-refractivity contribution >= 4 is 22.0 Å². The third-order valence-corrected chi connectivity index (χ3v) is 8.47. The number of carbonyl (C=O) groups excluding carboxylic acids is 1. The largest absolute Gasteiger partial charge is 0.481 e. The Kier molecular flexibility index (Phi) is 8.43. The van der Waals surface area contributed by atoms with Crippen LogP contribution in [0.15, 0.2) is 83.8 Å². The number of carboxylic acid groups (broad SMARTS) is 1. The zero-order valence-electron chi connectivity index (χ0n) is 20.6. The van der Waals surface area contributed by atoms with E-state index in [1.54, 1.807) is 12.1 Å². The van der Waals surface area contributed by atoms with Crippen LogP contribution in [0.1, 0.15) is 37.7 Å². The topological polar surface area (TPSA) is 110 Å². The molecule has 1 saturated carbocycles. The highest BCUT2D eigenvalue weighted by atomic mass is 32.2. The second-order valence-corrected chi connectivity index (χ2v) is 10.9. The van der Waals surface area contributed by atoms with Gasteiger partial charge in [-0.1, -0.05) is 43.2 Å². The molecule has 0 aromatic heterocycles. The van der Waals surface area contributed by atoms with E-state index in [0.29, 0.717) is 24.3 Å². The summed E-state index contributed by atoms with van der Waals surface area (Å²) in [6, 6.07) is 20.0. The van der Waals surface area contributed by atoms with E-state index in [1.807, 2.05) is 18.2 Å². The molecule has 0 atom stereocenters. The lowest BCUT2D eigenvalue weighted by molar-refractivity contribution is -0.157. The van der Waals surface area contributed by atoms with Crippen LogP contribution in [-0.2, 0) is 31.0 Å². The molecule has 0 bridgehead atoms. The highest BCUT2D eigenvalue weighted by Crippen LogP contribution is 2.40. The fourth-order valence-corrected chi connectivity index (χ4v) is 6.36. The van der Waals surface area contributed by atoms with Gasteiger partial charge in [-0.25, -0.2) is 17.6 Å². The van der Waals surface area contributed by atoms with E-state index in [2.05, 4.69) is 0 Å². The number of esters is 1. The summed E-state index contributed by atoms with van der Waals surface area (Å²) in [6.07, 6.45) is 1.18. The highest BCUT2D eigenvalue weighted by molar-refractivity contribution is 7.89. The molecule has 3 aromatic rings. The molecule has 0 unspecified atom stereocenters. The summed E-state index contributed by atoms with van der Waals surface area (Å²) in [5, 5.41) is 9.33. The summed E-state index contributed by atoms with van der Waals surface area (Å²) < 4.78 is 53.1. The fourth-order valence-electron chi connectivity index (χ4n) is 4.58. The number of rotatable bonds is 11. The van der Waals surface area contributed by atoms with Crippen molar-refractivity contribution in [1.82, 2.24) is 4.31 Å². The number of halogens is 1. The molecule has 1 fully saturated rings. The van der Waals surface area contributed by atoms with E-state index < -0.39 is 39.7 Å². The Morgan fingerprint density at radius 1 is 0.895 bits per heavy atom. The Hall–Kier alpha value is -3.76. The van der Waals surface area contributed by atoms with Crippen LogP contribution >= 0.6 is 0 Å². The van der Waals surface area contributed by atoms with Crippen LogP contribution in [0.2, 0.25) is 0 Å². The molecule has 1 N–H and O–H groups in total. The van der Waals surface area contributed by atoms with Crippen LogP contribution in [0, 0.1) is 5.82 Å². The molecule has 0 saturated heterocycles. The number of sulfonamides is 1. The first kappa shape index (κ1) is 27.3. The van der Waals surface area contributed by atoms with Gasteiger partial charge < -0.3 is 14.6 Å². The van der Waals surface area contributed by atoms with Crippen LogP contribution in [-0.4, -0.2) is 41.9 Å². The standard InChI is InChI=1S/C28H28FNO7S/c29-22-8-10-23(11-9-22)37-24-12-14-25(15-13-24)38(34,35)30(19-16-26(31)32)28(17-4-5-18-28)27(33)36-20-21-6-2-1-3-7-21/h1-3,6-15H,4-5,16-20H2,(H,31,32). The van der Waals surface area contributed by atoms with Crippen molar-refractivity contribution in [3.05, 3.63) is 90.2 Å². The van der Waals surface area contributed by atoms with Gasteiger partial charge in [0.2, 0.25) is 10.0 Å². The molecule has 1 aliphatic rings. The van der Waals surface area contributed by atoms with Gasteiger partial charge >= 0.3 is 11.9 Å². The first-order valence-corrected chi connectivity index (χ1v) is 13.6. The summed E-state index contributed by atoms with van der Waals surface area (Å²) >= 11 is 0. The van der Waals surface area contributed by atoms with Crippen LogP contribution in [0.25, 0.3) is 0 Å². The first-order valence-electron chi connectivity index (χ1n) is 12.2. The third kappa shape index (κ3) is 6.20. The summed E-state index contributed by atoms with van der Waals surface area (Å²) in [5.41, 5.74) is -0.752. The third-order valence-electron chi connectivity index (χ3n) is 6.49. The van der Waals surface area contributed by atoms with Gasteiger partial charge in [0.15, 0.2) is 0 Å². The van der Waals surface area contributed by atoms with E-state index in [4.69, 9.17) is 9.47 Å². The van der Waals surface area contributed by atoms with E-state index >= 15 is 0 Å². The van der Waals surface area contributed by atoms with Gasteiger partial charge in [-0.05, 0) is 66.9 Å². The van der Waals surface area contributed by atoms with Crippen LogP contribution in [0.5, 0.6) is 11.5 Å². The van der Waals surface area contributed by atoms with Crippen molar-refractivity contribution < 1.29 is 37.0 Å². The van der Waals surface area contributed by atoms with Gasteiger partial charge in [-0.2, -0.15) is 4.31 Å². The van der Waals surface area contributed by atoms with Crippen LogP contribution in [0.4, 0.5) is 4.39 Å². The van der Waals surface area contributed by atoms with Crippen LogP contribution in [0.3, 0.4) is 0 Å². The molecule has 0 heterocycles. The van der Waals surface area contributed by atoms with Gasteiger partial charge in [0.1, 0.15) is 29.5 Å². The Balaban J connectivity index is 1.61.